The van der Waals surface area contributed by atoms with Gasteiger partial charge >= 0.3 is 0 Å². The second kappa shape index (κ2) is 5.18. The Hall–Kier alpha value is -2.40. The Morgan fingerprint density at radius 2 is 1.90 bits per heavy atom. The van der Waals surface area contributed by atoms with Crippen molar-refractivity contribution in [1.29, 1.82) is 0 Å². The van der Waals surface area contributed by atoms with E-state index in [0.717, 1.165) is 6.07 Å². The first-order valence-corrected chi connectivity index (χ1v) is 6.42. The molecule has 0 aromatic heterocycles. The summed E-state index contributed by atoms with van der Waals surface area (Å²) >= 11 is 0. The molecule has 0 radical (unpaired) electrons. The average Bonchev–Trinajstić information content (AvgIpc) is 2.51. The van der Waals surface area contributed by atoms with Crippen LogP contribution in [0.1, 0.15) is 22.0 Å². The number of benzene rings is 2. The molecule has 108 valence electrons. The first-order chi connectivity index (χ1) is 10.1. The molecule has 4 nitrogen and oxygen atoms in total. The summed E-state index contributed by atoms with van der Waals surface area (Å²) in [6.07, 6.45) is -2.19. The average molecular weight is 288 g/mol. The van der Waals surface area contributed by atoms with Gasteiger partial charge in [-0.1, -0.05) is 12.1 Å². The Kier molecular flexibility index (Phi) is 3.35. The van der Waals surface area contributed by atoms with Gasteiger partial charge in [0.05, 0.1) is 12.7 Å². The molecule has 2 unspecified atom stereocenters. The van der Waals surface area contributed by atoms with Crippen molar-refractivity contribution in [2.75, 3.05) is 7.11 Å². The second-order valence-corrected chi connectivity index (χ2v) is 4.76. The number of halogens is 1. The Bertz CT molecular complexity index is 681. The lowest BCUT2D eigenvalue weighted by atomic mass is 9.93. The monoisotopic (exact) mass is 288 g/mol. The number of aliphatic hydroxyl groups excluding tert-OH is 1. The standard InChI is InChI=1S/C16H13FO4/c1-20-11-5-2-9(3-6-11)16-15(19)14(18)12-8-10(17)4-7-13(12)21-16/h2-8,15-16,19H,1H3. The molecule has 5 heteroatoms. The van der Waals surface area contributed by atoms with E-state index in [2.05, 4.69) is 0 Å². The summed E-state index contributed by atoms with van der Waals surface area (Å²) < 4.78 is 23.9. The fourth-order valence-corrected chi connectivity index (χ4v) is 2.34. The van der Waals surface area contributed by atoms with Crippen LogP contribution >= 0.6 is 0 Å². The highest BCUT2D eigenvalue weighted by Crippen LogP contribution is 2.35. The van der Waals surface area contributed by atoms with Crippen molar-refractivity contribution in [2.45, 2.75) is 12.2 Å². The van der Waals surface area contributed by atoms with E-state index in [9.17, 15) is 14.3 Å². The zero-order chi connectivity index (χ0) is 15.0. The molecule has 1 aliphatic heterocycles. The lowest BCUT2D eigenvalue weighted by Gasteiger charge is -2.29. The molecule has 2 atom stereocenters. The van der Waals surface area contributed by atoms with Gasteiger partial charge in [0.2, 0.25) is 0 Å². The van der Waals surface area contributed by atoms with Crippen LogP contribution < -0.4 is 9.47 Å². The van der Waals surface area contributed by atoms with Gasteiger partial charge in [-0.2, -0.15) is 0 Å². The van der Waals surface area contributed by atoms with E-state index < -0.39 is 23.8 Å². The summed E-state index contributed by atoms with van der Waals surface area (Å²) in [5, 5.41) is 10.1. The molecule has 1 heterocycles. The smallest absolute Gasteiger partial charge is 0.199 e. The van der Waals surface area contributed by atoms with Crippen LogP contribution in [0.4, 0.5) is 4.39 Å². The number of Topliss-reactive ketones (excluding diaryl/α,β-unsaturated/α-hetero) is 1. The SMILES string of the molecule is COc1ccc(C2Oc3ccc(F)cc3C(=O)C2O)cc1. The van der Waals surface area contributed by atoms with Gasteiger partial charge in [0.1, 0.15) is 17.3 Å². The van der Waals surface area contributed by atoms with Crippen molar-refractivity contribution in [3.63, 3.8) is 0 Å². The van der Waals surface area contributed by atoms with Crippen LogP contribution in [0.25, 0.3) is 0 Å². The maximum absolute atomic E-state index is 13.2. The Balaban J connectivity index is 1.97. The summed E-state index contributed by atoms with van der Waals surface area (Å²) in [5.41, 5.74) is 0.707. The number of fused-ring (bicyclic) bond motifs is 1. The van der Waals surface area contributed by atoms with Crippen molar-refractivity contribution in [3.8, 4) is 11.5 Å². The molecule has 0 amide bonds. The second-order valence-electron chi connectivity index (χ2n) is 4.76. The van der Waals surface area contributed by atoms with Gasteiger partial charge in [-0.15, -0.1) is 0 Å². The topological polar surface area (TPSA) is 55.8 Å². The van der Waals surface area contributed by atoms with Gasteiger partial charge in [-0.05, 0) is 35.9 Å². The molecule has 2 aromatic carbocycles. The van der Waals surface area contributed by atoms with E-state index >= 15 is 0 Å². The Labute approximate surface area is 120 Å². The van der Waals surface area contributed by atoms with E-state index in [0.29, 0.717) is 11.3 Å². The largest absolute Gasteiger partial charge is 0.497 e. The summed E-state index contributed by atoms with van der Waals surface area (Å²) in [6, 6.07) is 10.6. The van der Waals surface area contributed by atoms with Gasteiger partial charge in [-0.3, -0.25) is 4.79 Å². The van der Waals surface area contributed by atoms with Gasteiger partial charge in [-0.25, -0.2) is 4.39 Å². The molecule has 2 aromatic rings. The Morgan fingerprint density at radius 1 is 1.19 bits per heavy atom. The molecule has 1 N–H and O–H groups in total. The summed E-state index contributed by atoms with van der Waals surface area (Å²) in [7, 11) is 1.55. The normalized spacial score (nSPS) is 20.6. The van der Waals surface area contributed by atoms with E-state index in [1.54, 1.807) is 31.4 Å². The molecule has 0 fully saturated rings. The zero-order valence-corrected chi connectivity index (χ0v) is 11.2. The minimum atomic E-state index is -1.37. The van der Waals surface area contributed by atoms with Crippen LogP contribution in [0.2, 0.25) is 0 Å². The first-order valence-electron chi connectivity index (χ1n) is 6.42. The molecule has 0 saturated heterocycles. The number of hydrogen-bond acceptors (Lipinski definition) is 4. The van der Waals surface area contributed by atoms with Crippen molar-refractivity contribution in [3.05, 3.63) is 59.4 Å². The number of carbonyl (C=O) groups excluding carboxylic acids is 1. The lowest BCUT2D eigenvalue weighted by Crippen LogP contribution is -2.36. The third-order valence-electron chi connectivity index (χ3n) is 3.46. The van der Waals surface area contributed by atoms with Gasteiger partial charge in [0, 0.05) is 0 Å². The quantitative estimate of drug-likeness (QED) is 0.922. The number of aliphatic hydroxyl groups is 1. The van der Waals surface area contributed by atoms with Crippen LogP contribution in [0, 0.1) is 5.82 Å². The van der Waals surface area contributed by atoms with Crippen LogP contribution in [0.15, 0.2) is 42.5 Å². The first kappa shape index (κ1) is 13.6. The predicted octanol–water partition coefficient (Wildman–Crippen LogP) is 2.51. The van der Waals surface area contributed by atoms with Crippen molar-refractivity contribution in [2.24, 2.45) is 0 Å². The molecule has 1 aliphatic rings. The molecular formula is C16H13FO4. The minimum Gasteiger partial charge on any atom is -0.497 e. The third-order valence-corrected chi connectivity index (χ3v) is 3.46. The molecule has 0 saturated carbocycles. The van der Waals surface area contributed by atoms with E-state index in [4.69, 9.17) is 9.47 Å². The number of carbonyl (C=O) groups is 1. The number of ketones is 1. The zero-order valence-electron chi connectivity index (χ0n) is 11.2. The molecule has 21 heavy (non-hydrogen) atoms. The van der Waals surface area contributed by atoms with E-state index in [1.165, 1.54) is 12.1 Å². The summed E-state index contributed by atoms with van der Waals surface area (Å²) in [4.78, 5) is 12.2. The fraction of sp³-hybridized carbons (Fsp3) is 0.188. The molecular weight excluding hydrogens is 275 g/mol. The minimum absolute atomic E-state index is 0.0623. The number of ether oxygens (including phenoxy) is 2. The molecule has 3 rings (SSSR count). The maximum atomic E-state index is 13.2. The van der Waals surface area contributed by atoms with Gasteiger partial charge < -0.3 is 14.6 Å². The highest BCUT2D eigenvalue weighted by atomic mass is 19.1. The van der Waals surface area contributed by atoms with Crippen LogP contribution in [-0.2, 0) is 0 Å². The molecule has 0 aliphatic carbocycles. The highest BCUT2D eigenvalue weighted by molar-refractivity contribution is 6.03. The van der Waals surface area contributed by atoms with E-state index in [-0.39, 0.29) is 11.3 Å². The van der Waals surface area contributed by atoms with Crippen LogP contribution in [0.5, 0.6) is 11.5 Å². The van der Waals surface area contributed by atoms with E-state index in [1.807, 2.05) is 0 Å². The number of rotatable bonds is 2. The fourth-order valence-electron chi connectivity index (χ4n) is 2.34. The van der Waals surface area contributed by atoms with Gasteiger partial charge in [0.25, 0.3) is 0 Å². The highest BCUT2D eigenvalue weighted by Gasteiger charge is 2.37. The third kappa shape index (κ3) is 2.36. The Morgan fingerprint density at radius 3 is 2.57 bits per heavy atom. The summed E-state index contributed by atoms with van der Waals surface area (Å²) in [6.45, 7) is 0. The molecule has 0 spiro atoms. The maximum Gasteiger partial charge on any atom is 0.199 e. The summed E-state index contributed by atoms with van der Waals surface area (Å²) in [5.74, 6) is -0.150. The molecule has 0 bridgehead atoms. The number of hydrogen-bond donors (Lipinski definition) is 1. The predicted molar refractivity (Wildman–Crippen MR) is 73.1 cm³/mol. The number of methoxy groups -OCH3 is 1. The van der Waals surface area contributed by atoms with Crippen molar-refractivity contribution < 1.29 is 23.8 Å². The van der Waals surface area contributed by atoms with Gasteiger partial charge in [0.15, 0.2) is 18.0 Å². The lowest BCUT2D eigenvalue weighted by molar-refractivity contribution is 0.0215. The van der Waals surface area contributed by atoms with Crippen LogP contribution in [-0.4, -0.2) is 24.1 Å². The van der Waals surface area contributed by atoms with Crippen LogP contribution in [0.3, 0.4) is 0 Å². The van der Waals surface area contributed by atoms with Crippen molar-refractivity contribution in [1.82, 2.24) is 0 Å². The van der Waals surface area contributed by atoms with Crippen molar-refractivity contribution >= 4 is 5.78 Å².